The van der Waals surface area contributed by atoms with Crippen LogP contribution in [-0.4, -0.2) is 45.3 Å². The number of rotatable bonds is 9. The molecule has 0 spiro atoms. The number of nitrogens with one attached hydrogen (secondary N) is 2. The Balaban J connectivity index is 3.14. The molecule has 0 radical (unpaired) electrons. The van der Waals surface area contributed by atoms with Crippen molar-refractivity contribution in [3.63, 3.8) is 0 Å². The van der Waals surface area contributed by atoms with E-state index >= 15 is 0 Å². The quantitative estimate of drug-likeness (QED) is 0.632. The second-order valence-corrected chi connectivity index (χ2v) is 7.16. The van der Waals surface area contributed by atoms with Gasteiger partial charge < -0.3 is 15.2 Å². The summed E-state index contributed by atoms with van der Waals surface area (Å²) in [5.74, 6) is -1.18. The van der Waals surface area contributed by atoms with Crippen molar-refractivity contribution in [3.8, 4) is 0 Å². The summed E-state index contributed by atoms with van der Waals surface area (Å²) in [6.45, 7) is 5.78. The van der Waals surface area contributed by atoms with Gasteiger partial charge in [0.05, 0.1) is 17.1 Å². The van der Waals surface area contributed by atoms with Gasteiger partial charge in [-0.2, -0.15) is 0 Å². The van der Waals surface area contributed by atoms with Crippen molar-refractivity contribution in [2.24, 2.45) is 0 Å². The maximum absolute atomic E-state index is 12.3. The lowest BCUT2D eigenvalue weighted by Gasteiger charge is -2.17. The summed E-state index contributed by atoms with van der Waals surface area (Å²) in [4.78, 5) is 11.3. The highest BCUT2D eigenvalue weighted by Gasteiger charge is 2.21. The van der Waals surface area contributed by atoms with Crippen LogP contribution in [0.4, 0.5) is 5.69 Å². The predicted octanol–water partition coefficient (Wildman–Crippen LogP) is 1.91. The van der Waals surface area contributed by atoms with Crippen molar-refractivity contribution in [3.05, 3.63) is 23.8 Å². The van der Waals surface area contributed by atoms with E-state index in [1.54, 1.807) is 6.92 Å². The fraction of sp³-hybridized carbons (Fsp3) is 0.533. The van der Waals surface area contributed by atoms with Gasteiger partial charge in [0.15, 0.2) is 0 Å². The van der Waals surface area contributed by atoms with Crippen LogP contribution in [0, 0.1) is 0 Å². The summed E-state index contributed by atoms with van der Waals surface area (Å²) in [5.41, 5.74) is 0.323. The average molecular weight is 344 g/mol. The van der Waals surface area contributed by atoms with E-state index in [2.05, 4.69) is 10.0 Å². The van der Waals surface area contributed by atoms with Crippen molar-refractivity contribution >= 4 is 21.7 Å². The van der Waals surface area contributed by atoms with E-state index in [0.717, 1.165) is 12.5 Å². The van der Waals surface area contributed by atoms with E-state index < -0.39 is 22.0 Å². The number of methoxy groups -OCH3 is 1. The Morgan fingerprint density at radius 2 is 1.96 bits per heavy atom. The molecule has 0 aliphatic carbocycles. The lowest BCUT2D eigenvalue weighted by Crippen LogP contribution is -2.35. The van der Waals surface area contributed by atoms with Crippen LogP contribution in [0.3, 0.4) is 0 Å². The minimum atomic E-state index is -3.81. The van der Waals surface area contributed by atoms with Gasteiger partial charge in [0.25, 0.3) is 0 Å². The van der Waals surface area contributed by atoms with E-state index in [0.29, 0.717) is 5.69 Å². The standard InChI is InChI=1S/C15H24N2O5S/c1-5-10(2)16-14-7-6-12(8-13(14)15(18)19)23(20,21)17-11(3)9-22-4/h6-8,10-11,16-17H,5,9H2,1-4H3,(H,18,19). The lowest BCUT2D eigenvalue weighted by molar-refractivity contribution is 0.0697. The van der Waals surface area contributed by atoms with Crippen molar-refractivity contribution in [1.82, 2.24) is 4.72 Å². The molecule has 0 heterocycles. The van der Waals surface area contributed by atoms with Crippen LogP contribution >= 0.6 is 0 Å². The van der Waals surface area contributed by atoms with Crippen LogP contribution in [0.5, 0.6) is 0 Å². The molecule has 7 nitrogen and oxygen atoms in total. The Labute approximate surface area is 137 Å². The average Bonchev–Trinajstić information content (AvgIpc) is 2.46. The molecule has 0 fully saturated rings. The highest BCUT2D eigenvalue weighted by molar-refractivity contribution is 7.89. The number of sulfonamides is 1. The molecular formula is C15H24N2O5S. The van der Waals surface area contributed by atoms with Crippen LogP contribution in [0.2, 0.25) is 0 Å². The first-order chi connectivity index (χ1) is 10.7. The number of aromatic carboxylic acids is 1. The molecule has 0 saturated carbocycles. The second kappa shape index (κ2) is 8.28. The van der Waals surface area contributed by atoms with Gasteiger partial charge in [-0.05, 0) is 38.5 Å². The van der Waals surface area contributed by atoms with Gasteiger partial charge in [0.2, 0.25) is 10.0 Å². The van der Waals surface area contributed by atoms with Crippen LogP contribution in [-0.2, 0) is 14.8 Å². The SMILES string of the molecule is CCC(C)Nc1ccc(S(=O)(=O)NC(C)COC)cc1C(=O)O. The van der Waals surface area contributed by atoms with Crippen molar-refractivity contribution < 1.29 is 23.1 Å². The third kappa shape index (κ3) is 5.49. The maximum atomic E-state index is 12.3. The number of hydrogen-bond acceptors (Lipinski definition) is 5. The highest BCUT2D eigenvalue weighted by atomic mass is 32.2. The first-order valence-corrected chi connectivity index (χ1v) is 8.84. The first-order valence-electron chi connectivity index (χ1n) is 7.36. The maximum Gasteiger partial charge on any atom is 0.337 e. The van der Waals surface area contributed by atoms with Crippen molar-refractivity contribution in [2.45, 2.75) is 44.2 Å². The summed E-state index contributed by atoms with van der Waals surface area (Å²) in [5, 5.41) is 12.4. The van der Waals surface area contributed by atoms with Crippen LogP contribution in [0.1, 0.15) is 37.6 Å². The second-order valence-electron chi connectivity index (χ2n) is 5.44. The molecule has 0 aliphatic rings. The lowest BCUT2D eigenvalue weighted by atomic mass is 10.1. The van der Waals surface area contributed by atoms with Gasteiger partial charge in [-0.15, -0.1) is 0 Å². The largest absolute Gasteiger partial charge is 0.478 e. The van der Waals surface area contributed by atoms with Gasteiger partial charge in [0, 0.05) is 24.9 Å². The number of hydrogen-bond donors (Lipinski definition) is 3. The molecule has 130 valence electrons. The van der Waals surface area contributed by atoms with E-state index in [1.807, 2.05) is 13.8 Å². The summed E-state index contributed by atoms with van der Waals surface area (Å²) in [6.07, 6.45) is 0.815. The summed E-state index contributed by atoms with van der Waals surface area (Å²) in [6, 6.07) is 3.69. The number of carbonyl (C=O) groups is 1. The number of benzene rings is 1. The zero-order chi connectivity index (χ0) is 17.6. The highest BCUT2D eigenvalue weighted by Crippen LogP contribution is 2.22. The molecule has 3 N–H and O–H groups in total. The molecular weight excluding hydrogens is 320 g/mol. The summed E-state index contributed by atoms with van der Waals surface area (Å²) in [7, 11) is -2.33. The van der Waals surface area contributed by atoms with Crippen LogP contribution < -0.4 is 10.0 Å². The molecule has 23 heavy (non-hydrogen) atoms. The minimum Gasteiger partial charge on any atom is -0.478 e. The third-order valence-corrected chi connectivity index (χ3v) is 4.91. The number of ether oxygens (including phenoxy) is 1. The number of carboxylic acid groups (broad SMARTS) is 1. The smallest absolute Gasteiger partial charge is 0.337 e. The fourth-order valence-electron chi connectivity index (χ4n) is 1.98. The molecule has 0 aromatic heterocycles. The monoisotopic (exact) mass is 344 g/mol. The molecule has 1 aromatic rings. The Bertz CT molecular complexity index is 645. The normalized spacial score (nSPS) is 14.3. The van der Waals surface area contributed by atoms with Crippen molar-refractivity contribution in [1.29, 1.82) is 0 Å². The Hall–Kier alpha value is -1.64. The third-order valence-electron chi connectivity index (χ3n) is 3.32. The number of anilines is 1. The van der Waals surface area contributed by atoms with Gasteiger partial charge in [-0.3, -0.25) is 0 Å². The van der Waals surface area contributed by atoms with Gasteiger partial charge in [0.1, 0.15) is 0 Å². The Morgan fingerprint density at radius 1 is 1.30 bits per heavy atom. The zero-order valence-electron chi connectivity index (χ0n) is 13.8. The Morgan fingerprint density at radius 3 is 2.48 bits per heavy atom. The van der Waals surface area contributed by atoms with E-state index in [1.165, 1.54) is 19.2 Å². The molecule has 0 amide bonds. The van der Waals surface area contributed by atoms with Gasteiger partial charge in [-0.1, -0.05) is 6.92 Å². The topological polar surface area (TPSA) is 105 Å². The van der Waals surface area contributed by atoms with E-state index in [-0.39, 0.29) is 23.1 Å². The van der Waals surface area contributed by atoms with Crippen molar-refractivity contribution in [2.75, 3.05) is 19.0 Å². The predicted molar refractivity (Wildman–Crippen MR) is 88.4 cm³/mol. The van der Waals surface area contributed by atoms with E-state index in [9.17, 15) is 18.3 Å². The molecule has 1 rings (SSSR count). The first kappa shape index (κ1) is 19.4. The Kier molecular flexibility index (Phi) is 6.99. The molecule has 0 saturated heterocycles. The minimum absolute atomic E-state index is 0.0763. The van der Waals surface area contributed by atoms with E-state index in [4.69, 9.17) is 4.74 Å². The summed E-state index contributed by atoms with van der Waals surface area (Å²) >= 11 is 0. The molecule has 1 aromatic carbocycles. The molecule has 0 aliphatic heterocycles. The number of carboxylic acids is 1. The zero-order valence-corrected chi connectivity index (χ0v) is 14.6. The van der Waals surface area contributed by atoms with Crippen LogP contribution in [0.25, 0.3) is 0 Å². The molecule has 0 bridgehead atoms. The molecule has 8 heteroatoms. The van der Waals surface area contributed by atoms with Gasteiger partial charge >= 0.3 is 5.97 Å². The van der Waals surface area contributed by atoms with Gasteiger partial charge in [-0.25, -0.2) is 17.9 Å². The van der Waals surface area contributed by atoms with Crippen LogP contribution in [0.15, 0.2) is 23.1 Å². The molecule has 2 atom stereocenters. The fourth-order valence-corrected chi connectivity index (χ4v) is 3.23. The molecule has 2 unspecified atom stereocenters. The summed E-state index contributed by atoms with van der Waals surface area (Å²) < 4.78 is 31.9.